The first-order valence-corrected chi connectivity index (χ1v) is 10.7. The van der Waals surface area contributed by atoms with Gasteiger partial charge < -0.3 is 9.50 Å². The van der Waals surface area contributed by atoms with E-state index in [2.05, 4.69) is 15.5 Å². The van der Waals surface area contributed by atoms with Gasteiger partial charge in [-0.2, -0.15) is 13.5 Å². The molecule has 10 heteroatoms. The summed E-state index contributed by atoms with van der Waals surface area (Å²) in [5, 5.41) is 10.2. The van der Waals surface area contributed by atoms with Crippen molar-refractivity contribution < 1.29 is 17.4 Å². The van der Waals surface area contributed by atoms with Crippen molar-refractivity contribution >= 4 is 55.8 Å². The van der Waals surface area contributed by atoms with Gasteiger partial charge in [0.15, 0.2) is 5.69 Å². The van der Waals surface area contributed by atoms with E-state index in [0.29, 0.717) is 16.6 Å². The van der Waals surface area contributed by atoms with Gasteiger partial charge in [0.05, 0.1) is 15.6 Å². The molecule has 1 heterocycles. The second-order valence-electron chi connectivity index (χ2n) is 6.21. The van der Waals surface area contributed by atoms with E-state index in [1.54, 1.807) is 30.3 Å². The van der Waals surface area contributed by atoms with E-state index in [9.17, 15) is 13.2 Å². The van der Waals surface area contributed by atoms with Crippen LogP contribution in [0.4, 0.5) is 5.69 Å². The number of hydrogen-bond acceptors (Lipinski definition) is 5. The number of nitrogens with one attached hydrogen (secondary N) is 2. The van der Waals surface area contributed by atoms with Crippen LogP contribution in [0.3, 0.4) is 0 Å². The highest BCUT2D eigenvalue weighted by molar-refractivity contribution is 7.87. The Labute approximate surface area is 181 Å². The average Bonchev–Trinajstić information content (AvgIpc) is 3.14. The van der Waals surface area contributed by atoms with Crippen molar-refractivity contribution in [3.05, 3.63) is 82.5 Å². The lowest BCUT2D eigenvalue weighted by atomic mass is 10.2. The number of rotatable bonds is 5. The van der Waals surface area contributed by atoms with Crippen molar-refractivity contribution in [2.45, 2.75) is 4.90 Å². The number of aromatic amines is 1. The molecule has 0 saturated carbocycles. The molecule has 0 bridgehead atoms. The van der Waals surface area contributed by atoms with Crippen LogP contribution in [-0.4, -0.2) is 24.5 Å². The van der Waals surface area contributed by atoms with Crippen LogP contribution in [0, 0.1) is 0 Å². The molecule has 1 aromatic heterocycles. The first-order chi connectivity index (χ1) is 14.3. The standard InChI is InChI=1S/C20H13Cl2N3O4S/c21-16-8-7-14(11-17(16)22)30(27,28)29-13-6-9-18-15(10-13)19(25-24-18)20(26)23-12-4-2-1-3-5-12/h1-11H,(H,23,26)(H,24,25). The molecule has 0 unspecified atom stereocenters. The number of amides is 1. The Morgan fingerprint density at radius 2 is 1.73 bits per heavy atom. The number of benzene rings is 3. The van der Waals surface area contributed by atoms with Crippen LogP contribution in [0.1, 0.15) is 10.5 Å². The fourth-order valence-electron chi connectivity index (χ4n) is 2.74. The highest BCUT2D eigenvalue weighted by Crippen LogP contribution is 2.28. The van der Waals surface area contributed by atoms with Crippen molar-refractivity contribution in [2.24, 2.45) is 0 Å². The summed E-state index contributed by atoms with van der Waals surface area (Å²) in [5.74, 6) is -0.430. The third-order valence-electron chi connectivity index (χ3n) is 4.17. The van der Waals surface area contributed by atoms with Gasteiger partial charge in [-0.25, -0.2) is 0 Å². The maximum Gasteiger partial charge on any atom is 0.339 e. The number of aromatic nitrogens is 2. The summed E-state index contributed by atoms with van der Waals surface area (Å²) >= 11 is 11.7. The van der Waals surface area contributed by atoms with Gasteiger partial charge in [0, 0.05) is 11.1 Å². The van der Waals surface area contributed by atoms with Crippen LogP contribution < -0.4 is 9.50 Å². The van der Waals surface area contributed by atoms with Gasteiger partial charge in [-0.3, -0.25) is 9.89 Å². The molecule has 0 aliphatic heterocycles. The lowest BCUT2D eigenvalue weighted by Gasteiger charge is -2.08. The summed E-state index contributed by atoms with van der Waals surface area (Å²) in [4.78, 5) is 12.4. The van der Waals surface area contributed by atoms with Gasteiger partial charge in [-0.1, -0.05) is 41.4 Å². The molecule has 2 N–H and O–H groups in total. The summed E-state index contributed by atoms with van der Waals surface area (Å²) in [5.41, 5.74) is 1.26. The number of anilines is 1. The summed E-state index contributed by atoms with van der Waals surface area (Å²) < 4.78 is 30.4. The summed E-state index contributed by atoms with van der Waals surface area (Å²) in [7, 11) is -4.16. The van der Waals surface area contributed by atoms with Crippen molar-refractivity contribution in [3.8, 4) is 5.75 Å². The lowest BCUT2D eigenvalue weighted by molar-refractivity contribution is 0.102. The molecule has 0 aliphatic rings. The molecular weight excluding hydrogens is 449 g/mol. The molecule has 4 rings (SSSR count). The Balaban J connectivity index is 1.64. The molecule has 7 nitrogen and oxygen atoms in total. The van der Waals surface area contributed by atoms with E-state index in [1.807, 2.05) is 6.07 Å². The SMILES string of the molecule is O=C(Nc1ccccc1)c1n[nH]c2ccc(OS(=O)(=O)c3ccc(Cl)c(Cl)c3)cc12. The minimum absolute atomic E-state index is 0.0173. The Bertz CT molecular complexity index is 1360. The van der Waals surface area contributed by atoms with Gasteiger partial charge in [0.2, 0.25) is 0 Å². The minimum Gasteiger partial charge on any atom is -0.379 e. The highest BCUT2D eigenvalue weighted by Gasteiger charge is 2.20. The highest BCUT2D eigenvalue weighted by atomic mass is 35.5. The van der Waals surface area contributed by atoms with Gasteiger partial charge in [0.25, 0.3) is 5.91 Å². The number of para-hydroxylation sites is 1. The fraction of sp³-hybridized carbons (Fsp3) is 0. The van der Waals surface area contributed by atoms with E-state index < -0.39 is 16.0 Å². The number of carbonyl (C=O) groups excluding carboxylic acids is 1. The van der Waals surface area contributed by atoms with Crippen molar-refractivity contribution in [1.29, 1.82) is 0 Å². The van der Waals surface area contributed by atoms with E-state index in [-0.39, 0.29) is 26.4 Å². The van der Waals surface area contributed by atoms with Gasteiger partial charge in [-0.05, 0) is 48.5 Å². The Morgan fingerprint density at radius 1 is 0.967 bits per heavy atom. The fourth-order valence-corrected chi connectivity index (χ4v) is 4.05. The maximum atomic E-state index is 12.6. The van der Waals surface area contributed by atoms with Crippen molar-refractivity contribution in [2.75, 3.05) is 5.32 Å². The molecule has 0 aliphatic carbocycles. The predicted molar refractivity (Wildman–Crippen MR) is 115 cm³/mol. The number of hydrogen-bond donors (Lipinski definition) is 2. The normalized spacial score (nSPS) is 11.4. The third kappa shape index (κ3) is 4.11. The molecule has 3 aromatic carbocycles. The lowest BCUT2D eigenvalue weighted by Crippen LogP contribution is -2.13. The van der Waals surface area contributed by atoms with Crippen LogP contribution in [0.15, 0.2) is 71.6 Å². The minimum atomic E-state index is -4.16. The van der Waals surface area contributed by atoms with E-state index in [4.69, 9.17) is 27.4 Å². The first kappa shape index (κ1) is 20.2. The van der Waals surface area contributed by atoms with Crippen LogP contribution in [0.2, 0.25) is 10.0 Å². The van der Waals surface area contributed by atoms with E-state index in [0.717, 1.165) is 0 Å². The van der Waals surface area contributed by atoms with Crippen LogP contribution in [0.5, 0.6) is 5.75 Å². The second kappa shape index (κ2) is 7.98. The Hall–Kier alpha value is -3.07. The molecule has 0 atom stereocenters. The predicted octanol–water partition coefficient (Wildman–Crippen LogP) is 4.89. The first-order valence-electron chi connectivity index (χ1n) is 8.57. The summed E-state index contributed by atoms with van der Waals surface area (Å²) in [6.07, 6.45) is 0. The molecule has 4 aromatic rings. The van der Waals surface area contributed by atoms with Crippen LogP contribution in [0.25, 0.3) is 10.9 Å². The van der Waals surface area contributed by atoms with Crippen LogP contribution in [-0.2, 0) is 10.1 Å². The topological polar surface area (TPSA) is 101 Å². The zero-order chi connectivity index (χ0) is 21.3. The molecule has 1 amide bonds. The zero-order valence-electron chi connectivity index (χ0n) is 15.1. The molecule has 0 radical (unpaired) electrons. The Morgan fingerprint density at radius 3 is 2.47 bits per heavy atom. The molecule has 152 valence electrons. The molecule has 0 saturated heterocycles. The Kier molecular flexibility index (Phi) is 5.38. The summed E-state index contributed by atoms with van der Waals surface area (Å²) in [6.45, 7) is 0. The van der Waals surface area contributed by atoms with E-state index in [1.165, 1.54) is 30.3 Å². The number of fused-ring (bicyclic) bond motifs is 1. The smallest absolute Gasteiger partial charge is 0.339 e. The van der Waals surface area contributed by atoms with Crippen molar-refractivity contribution in [1.82, 2.24) is 10.2 Å². The van der Waals surface area contributed by atoms with Crippen LogP contribution >= 0.6 is 23.2 Å². The largest absolute Gasteiger partial charge is 0.379 e. The average molecular weight is 462 g/mol. The quantitative estimate of drug-likeness (QED) is 0.412. The third-order valence-corrected chi connectivity index (χ3v) is 6.15. The number of H-pyrrole nitrogens is 1. The summed E-state index contributed by atoms with van der Waals surface area (Å²) in [6, 6.07) is 17.2. The maximum absolute atomic E-state index is 12.6. The molecule has 0 spiro atoms. The molecule has 30 heavy (non-hydrogen) atoms. The van der Waals surface area contributed by atoms with Gasteiger partial charge in [0.1, 0.15) is 10.6 Å². The van der Waals surface area contributed by atoms with Gasteiger partial charge >= 0.3 is 10.1 Å². The van der Waals surface area contributed by atoms with E-state index >= 15 is 0 Å². The number of nitrogens with zero attached hydrogens (tertiary/aromatic N) is 1. The number of carbonyl (C=O) groups is 1. The van der Waals surface area contributed by atoms with Crippen molar-refractivity contribution in [3.63, 3.8) is 0 Å². The molecule has 0 fully saturated rings. The number of halogens is 2. The zero-order valence-corrected chi connectivity index (χ0v) is 17.4. The second-order valence-corrected chi connectivity index (χ2v) is 8.57. The van der Waals surface area contributed by atoms with Gasteiger partial charge in [-0.15, -0.1) is 0 Å². The monoisotopic (exact) mass is 461 g/mol. The molecular formula is C20H13Cl2N3O4S.